The number of anilines is 2. The molecule has 0 fully saturated rings. The zero-order valence-corrected chi connectivity index (χ0v) is 19.0. The lowest BCUT2D eigenvalue weighted by molar-refractivity contribution is -0.117. The third-order valence-corrected chi connectivity index (χ3v) is 5.40. The molecule has 178 valence electrons. The topological polar surface area (TPSA) is 117 Å². The first-order chi connectivity index (χ1) is 16.1. The summed E-state index contributed by atoms with van der Waals surface area (Å²) in [5.74, 6) is -1.45. The molecule has 3 N–H and O–H groups in total. The highest BCUT2D eigenvalue weighted by Crippen LogP contribution is 2.31. The molecule has 0 aromatic heterocycles. The molecule has 1 heterocycles. The molecule has 3 rings (SSSR count). The van der Waals surface area contributed by atoms with E-state index in [4.69, 9.17) is 5.73 Å². The van der Waals surface area contributed by atoms with Crippen molar-refractivity contribution in [1.29, 1.82) is 0 Å². The molecular weight excluding hydrogens is 468 g/mol. The van der Waals surface area contributed by atoms with Crippen LogP contribution in [0.25, 0.3) is 6.08 Å². The molecule has 0 saturated carbocycles. The molecule has 0 bridgehead atoms. The van der Waals surface area contributed by atoms with Crippen molar-refractivity contribution in [2.24, 2.45) is 10.7 Å². The van der Waals surface area contributed by atoms with Crippen LogP contribution in [0.1, 0.15) is 5.56 Å². The third kappa shape index (κ3) is 6.32. The number of benzene rings is 2. The van der Waals surface area contributed by atoms with Crippen LogP contribution in [0.3, 0.4) is 0 Å². The summed E-state index contributed by atoms with van der Waals surface area (Å²) >= 11 is 0.913. The predicted octanol–water partition coefficient (Wildman–Crippen LogP) is 3.03. The second-order valence-corrected chi connectivity index (χ2v) is 8.07. The minimum Gasteiger partial charge on any atom is -0.435 e. The number of primary amides is 1. The van der Waals surface area contributed by atoms with Crippen molar-refractivity contribution in [2.75, 3.05) is 29.6 Å². The van der Waals surface area contributed by atoms with E-state index in [9.17, 15) is 23.2 Å². The zero-order valence-electron chi connectivity index (χ0n) is 18.2. The second kappa shape index (κ2) is 10.8. The summed E-state index contributed by atoms with van der Waals surface area (Å²) in [4.78, 5) is 43.4. The molecule has 0 unspecified atom stereocenters. The standard InChI is InChI=1S/C22H21F2N5O4S/c1-28(2)14-5-3-13(4-6-14)11-17-19(31)29(15-7-9-16(10-8-15)33-20(23)24)22(26-17)34-12-18(30)27-21(25)32/h3-11,20H,12H2,1-2H3,(H3,25,27,30,32). The van der Waals surface area contributed by atoms with Gasteiger partial charge in [-0.25, -0.2) is 9.79 Å². The van der Waals surface area contributed by atoms with Crippen LogP contribution in [-0.2, 0) is 9.59 Å². The van der Waals surface area contributed by atoms with Gasteiger partial charge in [-0.05, 0) is 48.0 Å². The van der Waals surface area contributed by atoms with Crippen molar-refractivity contribution in [3.8, 4) is 5.75 Å². The van der Waals surface area contributed by atoms with Gasteiger partial charge >= 0.3 is 12.6 Å². The van der Waals surface area contributed by atoms with Gasteiger partial charge in [0.1, 0.15) is 11.4 Å². The summed E-state index contributed by atoms with van der Waals surface area (Å²) in [7, 11) is 3.82. The van der Waals surface area contributed by atoms with Gasteiger partial charge in [0, 0.05) is 19.8 Å². The number of nitrogens with zero attached hydrogens (tertiary/aromatic N) is 3. The van der Waals surface area contributed by atoms with E-state index in [2.05, 4.69) is 9.73 Å². The lowest BCUT2D eigenvalue weighted by atomic mass is 10.1. The van der Waals surface area contributed by atoms with E-state index >= 15 is 0 Å². The van der Waals surface area contributed by atoms with Gasteiger partial charge in [0.25, 0.3) is 5.91 Å². The SMILES string of the molecule is CN(C)c1ccc(C=C2N=C(SCC(=O)NC(N)=O)N(c3ccc(OC(F)F)cc3)C2=O)cc1. The molecule has 0 radical (unpaired) electrons. The van der Waals surface area contributed by atoms with E-state index in [1.807, 2.05) is 48.6 Å². The van der Waals surface area contributed by atoms with Crippen LogP contribution in [0.5, 0.6) is 5.75 Å². The number of carbonyl (C=O) groups excluding carboxylic acids is 3. The Morgan fingerprint density at radius 3 is 2.38 bits per heavy atom. The maximum atomic E-state index is 13.2. The quantitative estimate of drug-likeness (QED) is 0.578. The minimum absolute atomic E-state index is 0.0749. The Balaban J connectivity index is 1.89. The first kappa shape index (κ1) is 24.7. The largest absolute Gasteiger partial charge is 0.435 e. The van der Waals surface area contributed by atoms with Crippen molar-refractivity contribution in [3.63, 3.8) is 0 Å². The first-order valence-corrected chi connectivity index (χ1v) is 10.8. The number of aliphatic imine (C=N–C) groups is 1. The number of alkyl halides is 2. The van der Waals surface area contributed by atoms with Gasteiger partial charge < -0.3 is 15.4 Å². The number of rotatable bonds is 7. The monoisotopic (exact) mass is 489 g/mol. The van der Waals surface area contributed by atoms with E-state index < -0.39 is 24.5 Å². The minimum atomic E-state index is -2.98. The van der Waals surface area contributed by atoms with Gasteiger partial charge in [-0.15, -0.1) is 0 Å². The number of amidine groups is 1. The van der Waals surface area contributed by atoms with E-state index in [0.717, 1.165) is 23.0 Å². The van der Waals surface area contributed by atoms with Crippen molar-refractivity contribution in [3.05, 3.63) is 59.8 Å². The Kier molecular flexibility index (Phi) is 7.84. The number of hydrogen-bond donors (Lipinski definition) is 2. The number of urea groups is 1. The average molecular weight is 490 g/mol. The Hall–Kier alpha value is -3.93. The van der Waals surface area contributed by atoms with Gasteiger partial charge in [-0.3, -0.25) is 19.8 Å². The van der Waals surface area contributed by atoms with Crippen LogP contribution >= 0.6 is 11.8 Å². The van der Waals surface area contributed by atoms with Crippen molar-refractivity contribution in [1.82, 2.24) is 5.32 Å². The van der Waals surface area contributed by atoms with E-state index in [1.165, 1.54) is 29.2 Å². The van der Waals surface area contributed by atoms with Crippen molar-refractivity contribution >= 4 is 52.2 Å². The molecule has 0 aliphatic carbocycles. The summed E-state index contributed by atoms with van der Waals surface area (Å²) in [6.45, 7) is -2.98. The molecule has 1 aliphatic heterocycles. The molecule has 9 nitrogen and oxygen atoms in total. The predicted molar refractivity (Wildman–Crippen MR) is 127 cm³/mol. The number of hydrogen-bond acceptors (Lipinski definition) is 7. The molecule has 1 aliphatic rings. The molecular formula is C22H21F2N5O4S. The van der Waals surface area contributed by atoms with Gasteiger partial charge in [0.05, 0.1) is 11.4 Å². The van der Waals surface area contributed by atoms with Crippen LogP contribution in [0, 0.1) is 0 Å². The first-order valence-electron chi connectivity index (χ1n) is 9.83. The number of amides is 4. The Labute approximate surface area is 198 Å². The van der Waals surface area contributed by atoms with Gasteiger partial charge in [-0.1, -0.05) is 23.9 Å². The van der Waals surface area contributed by atoms with Gasteiger partial charge in [0.15, 0.2) is 5.17 Å². The highest BCUT2D eigenvalue weighted by molar-refractivity contribution is 8.14. The lowest BCUT2D eigenvalue weighted by Crippen LogP contribution is -2.37. The van der Waals surface area contributed by atoms with E-state index in [-0.39, 0.29) is 22.4 Å². The van der Waals surface area contributed by atoms with Crippen LogP contribution in [0.4, 0.5) is 25.0 Å². The van der Waals surface area contributed by atoms with Crippen LogP contribution in [-0.4, -0.2) is 49.5 Å². The number of nitrogens with one attached hydrogen (secondary N) is 1. The molecule has 0 saturated heterocycles. The molecule has 34 heavy (non-hydrogen) atoms. The normalized spacial score (nSPS) is 14.4. The lowest BCUT2D eigenvalue weighted by Gasteiger charge is -2.18. The summed E-state index contributed by atoms with van der Waals surface area (Å²) in [5.41, 5.74) is 7.11. The highest BCUT2D eigenvalue weighted by Gasteiger charge is 2.32. The van der Waals surface area contributed by atoms with E-state index in [0.29, 0.717) is 5.69 Å². The summed E-state index contributed by atoms with van der Waals surface area (Å²) < 4.78 is 29.2. The number of thioether (sulfide) groups is 1. The number of ether oxygens (including phenoxy) is 1. The fraction of sp³-hybridized carbons (Fsp3) is 0.182. The van der Waals surface area contributed by atoms with Crippen LogP contribution in [0.15, 0.2) is 59.2 Å². The number of nitrogens with two attached hydrogens (primary N) is 1. The van der Waals surface area contributed by atoms with Gasteiger partial charge in [-0.2, -0.15) is 8.78 Å². The second-order valence-electron chi connectivity index (χ2n) is 7.12. The number of halogens is 2. The molecule has 4 amide bonds. The number of carbonyl (C=O) groups is 3. The maximum absolute atomic E-state index is 13.2. The van der Waals surface area contributed by atoms with Crippen molar-refractivity contribution < 1.29 is 27.9 Å². The fourth-order valence-corrected chi connectivity index (χ4v) is 3.74. The molecule has 0 atom stereocenters. The van der Waals surface area contributed by atoms with Gasteiger partial charge in [0.2, 0.25) is 5.91 Å². The summed E-state index contributed by atoms with van der Waals surface area (Å²) in [6, 6.07) is 11.9. The summed E-state index contributed by atoms with van der Waals surface area (Å²) in [6.07, 6.45) is 1.60. The number of imide groups is 1. The molecule has 12 heteroatoms. The average Bonchev–Trinajstić information content (AvgIpc) is 3.07. The smallest absolute Gasteiger partial charge is 0.387 e. The van der Waals surface area contributed by atoms with Crippen LogP contribution < -0.4 is 25.6 Å². The third-order valence-electron chi connectivity index (χ3n) is 4.46. The molecule has 2 aromatic carbocycles. The Morgan fingerprint density at radius 1 is 1.18 bits per heavy atom. The Morgan fingerprint density at radius 2 is 1.82 bits per heavy atom. The van der Waals surface area contributed by atoms with Crippen molar-refractivity contribution in [2.45, 2.75) is 6.61 Å². The molecule has 2 aromatic rings. The maximum Gasteiger partial charge on any atom is 0.387 e. The summed E-state index contributed by atoms with van der Waals surface area (Å²) in [5, 5.41) is 2.11. The zero-order chi connectivity index (χ0) is 24.8. The van der Waals surface area contributed by atoms with Crippen LogP contribution in [0.2, 0.25) is 0 Å². The van der Waals surface area contributed by atoms with E-state index in [1.54, 1.807) is 6.08 Å². The molecule has 0 spiro atoms. The Bertz CT molecular complexity index is 1130. The fourth-order valence-electron chi connectivity index (χ4n) is 2.93. The highest BCUT2D eigenvalue weighted by atomic mass is 32.2.